The minimum absolute atomic E-state index is 0.347. The van der Waals surface area contributed by atoms with Crippen molar-refractivity contribution in [3.63, 3.8) is 0 Å². The van der Waals surface area contributed by atoms with Crippen LogP contribution in [0.2, 0.25) is 0 Å². The molecule has 0 bridgehead atoms. The van der Waals surface area contributed by atoms with Crippen molar-refractivity contribution in [2.24, 2.45) is 0 Å². The van der Waals surface area contributed by atoms with Crippen LogP contribution in [-0.4, -0.2) is 10.2 Å². The van der Waals surface area contributed by atoms with Crippen LogP contribution in [0.5, 0.6) is 0 Å². The van der Waals surface area contributed by atoms with Gasteiger partial charge in [-0.2, -0.15) is 5.10 Å². The van der Waals surface area contributed by atoms with Gasteiger partial charge in [-0.3, -0.25) is 5.10 Å². The largest absolute Gasteiger partial charge is 0.275 e. The molecular formula is C4H3FN2. The molecule has 0 unspecified atom stereocenters. The van der Waals surface area contributed by atoms with Gasteiger partial charge >= 0.3 is 0 Å². The van der Waals surface area contributed by atoms with E-state index in [9.17, 15) is 4.39 Å². The Bertz CT molecular complexity index is 124. The summed E-state index contributed by atoms with van der Waals surface area (Å²) >= 11 is 0. The van der Waals surface area contributed by atoms with Gasteiger partial charge in [-0.15, -0.1) is 0 Å². The van der Waals surface area contributed by atoms with Crippen molar-refractivity contribution in [2.75, 3.05) is 0 Å². The molecule has 0 saturated heterocycles. The van der Waals surface area contributed by atoms with Crippen molar-refractivity contribution in [1.82, 2.24) is 10.2 Å². The summed E-state index contributed by atoms with van der Waals surface area (Å²) in [5.74, 6) is 0. The second kappa shape index (κ2) is 1.73. The minimum Gasteiger partial charge on any atom is -0.275 e. The highest BCUT2D eigenvalue weighted by molar-refractivity contribution is 4.95. The van der Waals surface area contributed by atoms with Crippen LogP contribution < -0.4 is 0 Å². The summed E-state index contributed by atoms with van der Waals surface area (Å²) in [6.07, 6.45) is 4.77. The van der Waals surface area contributed by atoms with E-state index >= 15 is 0 Å². The molecule has 36 valence electrons. The van der Waals surface area contributed by atoms with Crippen LogP contribution in [0.3, 0.4) is 0 Å². The maximum Gasteiger partial charge on any atom is 0.119 e. The zero-order valence-electron chi connectivity index (χ0n) is 3.53. The number of aromatic nitrogens is 2. The van der Waals surface area contributed by atoms with Crippen LogP contribution in [0.25, 0.3) is 0 Å². The predicted octanol–water partition coefficient (Wildman–Crippen LogP) is 0.480. The second-order valence-corrected chi connectivity index (χ2v) is 1.07. The van der Waals surface area contributed by atoms with E-state index in [0.29, 0.717) is 5.56 Å². The Balaban J connectivity index is 2.76. The Kier molecular flexibility index (Phi) is 1.06. The van der Waals surface area contributed by atoms with E-state index in [4.69, 9.17) is 0 Å². The number of H-pyrrole nitrogens is 1. The Hall–Kier alpha value is -0.860. The molecule has 2 radical (unpaired) electrons. The van der Waals surface area contributed by atoms with Gasteiger partial charge in [-0.1, -0.05) is 0 Å². The van der Waals surface area contributed by atoms with Gasteiger partial charge in [0.25, 0.3) is 0 Å². The summed E-state index contributed by atoms with van der Waals surface area (Å²) in [5, 5.41) is 5.66. The molecule has 0 aliphatic carbocycles. The lowest BCUT2D eigenvalue weighted by molar-refractivity contribution is 0.484. The molecule has 0 aromatic carbocycles. The molecule has 1 N–H and O–H groups in total. The third-order valence-electron chi connectivity index (χ3n) is 0.587. The van der Waals surface area contributed by atoms with Crippen LogP contribution >= 0.6 is 0 Å². The summed E-state index contributed by atoms with van der Waals surface area (Å²) in [7, 11) is 0. The van der Waals surface area contributed by atoms with E-state index in [1.165, 1.54) is 0 Å². The van der Waals surface area contributed by atoms with Crippen molar-refractivity contribution in [3.05, 3.63) is 18.0 Å². The first-order valence-electron chi connectivity index (χ1n) is 1.82. The molecule has 1 rings (SSSR count). The monoisotopic (exact) mass is 98.0 g/mol. The van der Waals surface area contributed by atoms with Crippen LogP contribution in [0, 0.1) is 12.4 Å². The smallest absolute Gasteiger partial charge is 0.119 e. The zero-order chi connectivity index (χ0) is 5.11. The fourth-order valence-electron chi connectivity index (χ4n) is 0.282. The van der Waals surface area contributed by atoms with E-state index < -0.39 is 6.67 Å². The normalized spacial score (nSPS) is 9.29. The first-order valence-corrected chi connectivity index (χ1v) is 1.82. The van der Waals surface area contributed by atoms with Crippen LogP contribution in [0.1, 0.15) is 5.56 Å². The number of nitrogens with zero attached hydrogens (tertiary/aromatic N) is 1. The molecule has 0 saturated carbocycles. The lowest BCUT2D eigenvalue weighted by Gasteiger charge is -1.71. The molecule has 3 heteroatoms. The second-order valence-electron chi connectivity index (χ2n) is 1.07. The average Bonchev–Trinajstić information content (AvgIpc) is 2.14. The Morgan fingerprint density at radius 1 is 1.86 bits per heavy atom. The van der Waals surface area contributed by atoms with Gasteiger partial charge in [0.1, 0.15) is 12.9 Å². The summed E-state index contributed by atoms with van der Waals surface area (Å²) in [6, 6.07) is 0. The van der Waals surface area contributed by atoms with Crippen LogP contribution in [-0.2, 0) is 6.67 Å². The van der Waals surface area contributed by atoms with Crippen LogP contribution in [0.15, 0.2) is 0 Å². The third kappa shape index (κ3) is 0.765. The van der Waals surface area contributed by atoms with Crippen molar-refractivity contribution < 1.29 is 4.39 Å². The van der Waals surface area contributed by atoms with E-state index in [1.54, 1.807) is 0 Å². The molecule has 1 aromatic rings. The molecule has 0 atom stereocenters. The topological polar surface area (TPSA) is 28.7 Å². The fourth-order valence-corrected chi connectivity index (χ4v) is 0.282. The third-order valence-corrected chi connectivity index (χ3v) is 0.587. The summed E-state index contributed by atoms with van der Waals surface area (Å²) in [6.45, 7) is -0.545. The molecule has 1 heterocycles. The Morgan fingerprint density at radius 2 is 2.71 bits per heavy atom. The summed E-state index contributed by atoms with van der Waals surface area (Å²) in [5.41, 5.74) is 0.347. The lowest BCUT2D eigenvalue weighted by Crippen LogP contribution is -1.67. The number of hydrogen-bond donors (Lipinski definition) is 1. The maximum atomic E-state index is 11.4. The SMILES string of the molecule is FCc1[c]n[nH][c]1. The van der Waals surface area contributed by atoms with Gasteiger partial charge in [0.15, 0.2) is 0 Å². The molecule has 7 heavy (non-hydrogen) atoms. The highest BCUT2D eigenvalue weighted by atomic mass is 19.1. The van der Waals surface area contributed by atoms with E-state index in [2.05, 4.69) is 22.6 Å². The molecule has 0 aliphatic heterocycles. The van der Waals surface area contributed by atoms with Gasteiger partial charge in [0.2, 0.25) is 0 Å². The van der Waals surface area contributed by atoms with Crippen molar-refractivity contribution in [3.8, 4) is 0 Å². The highest BCUT2D eigenvalue weighted by Gasteiger charge is 1.88. The number of nitrogens with one attached hydrogen (secondary N) is 1. The van der Waals surface area contributed by atoms with E-state index in [-0.39, 0.29) is 0 Å². The average molecular weight is 98.1 g/mol. The first-order chi connectivity index (χ1) is 3.43. The fraction of sp³-hybridized carbons (Fsp3) is 0.250. The zero-order valence-corrected chi connectivity index (χ0v) is 3.53. The quantitative estimate of drug-likeness (QED) is 0.543. The molecule has 1 aromatic heterocycles. The van der Waals surface area contributed by atoms with Gasteiger partial charge in [0, 0.05) is 5.56 Å². The van der Waals surface area contributed by atoms with Gasteiger partial charge in [-0.05, 0) is 0 Å². The summed E-state index contributed by atoms with van der Waals surface area (Å²) in [4.78, 5) is 0. The summed E-state index contributed by atoms with van der Waals surface area (Å²) < 4.78 is 11.4. The van der Waals surface area contributed by atoms with E-state index in [0.717, 1.165) is 0 Å². The molecular weight excluding hydrogens is 95.1 g/mol. The van der Waals surface area contributed by atoms with Gasteiger partial charge < -0.3 is 0 Å². The van der Waals surface area contributed by atoms with Crippen LogP contribution in [0.4, 0.5) is 4.39 Å². The van der Waals surface area contributed by atoms with Crippen molar-refractivity contribution >= 4 is 0 Å². The number of hydrogen-bond acceptors (Lipinski definition) is 1. The number of halogens is 1. The van der Waals surface area contributed by atoms with Crippen molar-refractivity contribution in [1.29, 1.82) is 0 Å². The lowest BCUT2D eigenvalue weighted by atomic mass is 10.4. The van der Waals surface area contributed by atoms with Crippen molar-refractivity contribution in [2.45, 2.75) is 6.67 Å². The van der Waals surface area contributed by atoms with Gasteiger partial charge in [0.05, 0.1) is 6.20 Å². The molecule has 2 nitrogen and oxygen atoms in total. The highest BCUT2D eigenvalue weighted by Crippen LogP contribution is 1.91. The first kappa shape index (κ1) is 4.30. The minimum atomic E-state index is -0.545. The standard InChI is InChI=1S/C4H3FN2/c5-1-4-2-6-7-3-4/h1H2,(H,6,7). The molecule has 0 amide bonds. The molecule has 0 aliphatic rings. The predicted molar refractivity (Wildman–Crippen MR) is 21.1 cm³/mol. The number of alkyl halides is 1. The number of rotatable bonds is 1. The Morgan fingerprint density at radius 3 is 3.00 bits per heavy atom. The Labute approximate surface area is 40.4 Å². The van der Waals surface area contributed by atoms with E-state index in [1.807, 2.05) is 0 Å². The molecule has 0 spiro atoms. The maximum absolute atomic E-state index is 11.4. The molecule has 0 fully saturated rings. The van der Waals surface area contributed by atoms with Gasteiger partial charge in [-0.25, -0.2) is 4.39 Å². The number of aromatic amines is 1.